The van der Waals surface area contributed by atoms with Gasteiger partial charge >= 0.3 is 0 Å². The second kappa shape index (κ2) is 16.3. The highest BCUT2D eigenvalue weighted by molar-refractivity contribution is 7.98. The van der Waals surface area contributed by atoms with E-state index in [1.807, 2.05) is 11.8 Å². The van der Waals surface area contributed by atoms with Gasteiger partial charge in [-0.15, -0.1) is 0 Å². The Morgan fingerprint density at radius 1 is 0.861 bits per heavy atom. The molecule has 216 valence electrons. The van der Waals surface area contributed by atoms with Gasteiger partial charge in [0.1, 0.15) is 0 Å². The van der Waals surface area contributed by atoms with Crippen LogP contribution in [-0.2, 0) is 13.6 Å². The van der Waals surface area contributed by atoms with Crippen molar-refractivity contribution in [3.8, 4) is 0 Å². The van der Waals surface area contributed by atoms with E-state index in [2.05, 4.69) is 93.2 Å². The summed E-state index contributed by atoms with van der Waals surface area (Å²) in [6.45, 7) is 27.7. The minimum absolute atomic E-state index is 0.0282. The van der Waals surface area contributed by atoms with Crippen molar-refractivity contribution in [3.05, 3.63) is 0 Å². The van der Waals surface area contributed by atoms with Crippen LogP contribution in [0.15, 0.2) is 0 Å². The molecule has 0 unspecified atom stereocenters. The first-order valence-electron chi connectivity index (χ1n) is 14.5. The van der Waals surface area contributed by atoms with Crippen LogP contribution in [0, 0.1) is 5.92 Å². The van der Waals surface area contributed by atoms with Crippen molar-refractivity contribution in [2.45, 2.75) is 155 Å². The van der Waals surface area contributed by atoms with Crippen LogP contribution in [0.5, 0.6) is 0 Å². The molecular formula is C29H63NO3SSi2. The first-order valence-corrected chi connectivity index (χ1v) is 21.7. The van der Waals surface area contributed by atoms with E-state index in [-0.39, 0.29) is 34.0 Å². The Bertz CT molecular complexity index is 615. The lowest BCUT2D eigenvalue weighted by molar-refractivity contribution is -0.128. The molecule has 0 saturated heterocycles. The Morgan fingerprint density at radius 3 is 1.89 bits per heavy atom. The standard InChI is InChI=1S/C29H63NO3SSi2/c1-14-15-16-17-18-19-20-26(33-36(12,13)29(6,7)8)24(2)27(31)30-25(21-22-34-9)23-32-35(10,11)28(3,4)5/h24-26H,14-23H2,1-13H3,(H,30,31)/t24-,25+,26-/m1/s1. The molecule has 0 aliphatic heterocycles. The van der Waals surface area contributed by atoms with Crippen LogP contribution in [0.25, 0.3) is 0 Å². The Balaban J connectivity index is 5.41. The summed E-state index contributed by atoms with van der Waals surface area (Å²) in [7, 11) is -3.85. The minimum Gasteiger partial charge on any atom is -0.415 e. The monoisotopic (exact) mass is 561 g/mol. The topological polar surface area (TPSA) is 47.6 Å². The average molecular weight is 562 g/mol. The lowest BCUT2D eigenvalue weighted by atomic mass is 9.97. The molecule has 0 saturated carbocycles. The van der Waals surface area contributed by atoms with Gasteiger partial charge in [0.25, 0.3) is 0 Å². The van der Waals surface area contributed by atoms with E-state index >= 15 is 0 Å². The summed E-state index contributed by atoms with van der Waals surface area (Å²) in [6, 6.07) is 0.0455. The highest BCUT2D eigenvalue weighted by atomic mass is 32.2. The number of amides is 1. The van der Waals surface area contributed by atoms with E-state index in [0.29, 0.717) is 6.61 Å². The molecule has 3 atom stereocenters. The number of carbonyl (C=O) groups excluding carboxylic acids is 1. The van der Waals surface area contributed by atoms with Gasteiger partial charge in [-0.3, -0.25) is 4.79 Å². The fourth-order valence-corrected chi connectivity index (χ4v) is 6.58. The summed E-state index contributed by atoms with van der Waals surface area (Å²) >= 11 is 1.83. The SMILES string of the molecule is CCCCCCCC[C@@H](O[Si](C)(C)C(C)(C)C)[C@@H](C)C(=O)N[C@@H](CCSC)CO[Si](C)(C)C(C)(C)C. The van der Waals surface area contributed by atoms with Crippen molar-refractivity contribution in [3.63, 3.8) is 0 Å². The van der Waals surface area contributed by atoms with Gasteiger partial charge in [0, 0.05) is 0 Å². The molecule has 0 bridgehead atoms. The van der Waals surface area contributed by atoms with E-state index in [9.17, 15) is 4.79 Å². The van der Waals surface area contributed by atoms with Crippen molar-refractivity contribution in [1.29, 1.82) is 0 Å². The second-order valence-corrected chi connectivity index (χ2v) is 24.4. The number of hydrogen-bond acceptors (Lipinski definition) is 4. The zero-order valence-corrected chi connectivity index (χ0v) is 29.3. The van der Waals surface area contributed by atoms with Gasteiger partial charge in [-0.25, -0.2) is 0 Å². The Kier molecular flexibility index (Phi) is 16.4. The Hall–Kier alpha value is 0.174. The maximum Gasteiger partial charge on any atom is 0.225 e. The molecule has 1 N–H and O–H groups in total. The molecule has 7 heteroatoms. The minimum atomic E-state index is -1.98. The molecule has 0 spiro atoms. The maximum atomic E-state index is 13.6. The third-order valence-corrected chi connectivity index (χ3v) is 18.2. The van der Waals surface area contributed by atoms with Crippen LogP contribution in [0.4, 0.5) is 0 Å². The number of nitrogens with one attached hydrogen (secondary N) is 1. The molecule has 4 nitrogen and oxygen atoms in total. The molecule has 0 rings (SSSR count). The molecule has 0 aromatic carbocycles. The zero-order valence-electron chi connectivity index (χ0n) is 26.4. The molecule has 0 aromatic heterocycles. The molecule has 1 amide bonds. The first-order chi connectivity index (χ1) is 16.4. The second-order valence-electron chi connectivity index (χ2n) is 13.8. The molecule has 0 radical (unpaired) electrons. The molecule has 0 aliphatic carbocycles. The Labute approximate surface area is 232 Å². The largest absolute Gasteiger partial charge is 0.415 e. The normalized spacial score (nSPS) is 16.0. The summed E-state index contributed by atoms with van der Waals surface area (Å²) in [4.78, 5) is 13.6. The van der Waals surface area contributed by atoms with Crippen LogP contribution in [0.2, 0.25) is 36.3 Å². The van der Waals surface area contributed by atoms with Gasteiger partial charge in [-0.2, -0.15) is 11.8 Å². The summed E-state index contributed by atoms with van der Waals surface area (Å²) in [5, 5.41) is 3.67. The highest BCUT2D eigenvalue weighted by Crippen LogP contribution is 2.39. The highest BCUT2D eigenvalue weighted by Gasteiger charge is 2.41. The fraction of sp³-hybridized carbons (Fsp3) is 0.966. The van der Waals surface area contributed by atoms with E-state index in [0.717, 1.165) is 25.0 Å². The van der Waals surface area contributed by atoms with Crippen LogP contribution >= 0.6 is 11.8 Å². The van der Waals surface area contributed by atoms with Crippen LogP contribution in [-0.4, -0.2) is 53.3 Å². The predicted octanol–water partition coefficient (Wildman–Crippen LogP) is 9.02. The average Bonchev–Trinajstić information content (AvgIpc) is 2.74. The number of unbranched alkanes of at least 4 members (excludes halogenated alkanes) is 5. The third kappa shape index (κ3) is 13.3. The maximum absolute atomic E-state index is 13.6. The summed E-state index contributed by atoms with van der Waals surface area (Å²) < 4.78 is 13.4. The quantitative estimate of drug-likeness (QED) is 0.134. The molecule has 0 fully saturated rings. The molecule has 0 aromatic rings. The van der Waals surface area contributed by atoms with Crippen molar-refractivity contribution < 1.29 is 13.6 Å². The van der Waals surface area contributed by atoms with E-state index < -0.39 is 16.6 Å². The Morgan fingerprint density at radius 2 is 1.39 bits per heavy atom. The third-order valence-electron chi connectivity index (χ3n) is 8.53. The fourth-order valence-electron chi connectivity index (χ4n) is 3.58. The summed E-state index contributed by atoms with van der Waals surface area (Å²) in [5.41, 5.74) is 0. The molecular weight excluding hydrogens is 499 g/mol. The van der Waals surface area contributed by atoms with Gasteiger partial charge in [0.05, 0.1) is 24.7 Å². The summed E-state index contributed by atoms with van der Waals surface area (Å²) in [5.74, 6) is 0.969. The van der Waals surface area contributed by atoms with E-state index in [1.165, 1.54) is 32.1 Å². The van der Waals surface area contributed by atoms with Crippen LogP contribution in [0.1, 0.15) is 107 Å². The zero-order chi connectivity index (χ0) is 28.2. The number of carbonyl (C=O) groups is 1. The predicted molar refractivity (Wildman–Crippen MR) is 167 cm³/mol. The lowest BCUT2D eigenvalue weighted by Gasteiger charge is -2.41. The molecule has 0 aliphatic rings. The van der Waals surface area contributed by atoms with Gasteiger partial charge in [-0.1, -0.05) is 93.9 Å². The van der Waals surface area contributed by atoms with Crippen LogP contribution < -0.4 is 5.32 Å². The first kappa shape index (κ1) is 36.2. The van der Waals surface area contributed by atoms with E-state index in [1.54, 1.807) is 0 Å². The van der Waals surface area contributed by atoms with Gasteiger partial charge in [0.15, 0.2) is 16.6 Å². The smallest absolute Gasteiger partial charge is 0.225 e. The van der Waals surface area contributed by atoms with E-state index in [4.69, 9.17) is 8.85 Å². The number of thioether (sulfide) groups is 1. The van der Waals surface area contributed by atoms with Crippen molar-refractivity contribution in [1.82, 2.24) is 5.32 Å². The van der Waals surface area contributed by atoms with Gasteiger partial charge in [-0.05, 0) is 61.1 Å². The van der Waals surface area contributed by atoms with Crippen LogP contribution in [0.3, 0.4) is 0 Å². The van der Waals surface area contributed by atoms with Crippen molar-refractivity contribution in [2.75, 3.05) is 18.6 Å². The molecule has 0 heterocycles. The number of rotatable bonds is 18. The lowest BCUT2D eigenvalue weighted by Crippen LogP contribution is -2.51. The summed E-state index contributed by atoms with van der Waals surface area (Å²) in [6.07, 6.45) is 11.5. The van der Waals surface area contributed by atoms with Crippen molar-refractivity contribution in [2.24, 2.45) is 5.92 Å². The number of hydrogen-bond donors (Lipinski definition) is 1. The van der Waals surface area contributed by atoms with Crippen molar-refractivity contribution >= 4 is 34.3 Å². The van der Waals surface area contributed by atoms with Gasteiger partial charge in [0.2, 0.25) is 5.91 Å². The molecule has 36 heavy (non-hydrogen) atoms. The van der Waals surface area contributed by atoms with Gasteiger partial charge < -0.3 is 14.2 Å².